The quantitative estimate of drug-likeness (QED) is 0.683. The highest BCUT2D eigenvalue weighted by molar-refractivity contribution is 5.93. The number of fused-ring (bicyclic) bond motifs is 1. The van der Waals surface area contributed by atoms with Gasteiger partial charge in [0.1, 0.15) is 11.3 Å². The predicted octanol–water partition coefficient (Wildman–Crippen LogP) is 3.15. The van der Waals surface area contributed by atoms with Crippen LogP contribution in [0, 0.1) is 0 Å². The van der Waals surface area contributed by atoms with Gasteiger partial charge in [0.15, 0.2) is 11.2 Å². The van der Waals surface area contributed by atoms with Crippen molar-refractivity contribution in [2.45, 2.75) is 13.0 Å². The van der Waals surface area contributed by atoms with Crippen molar-refractivity contribution in [1.29, 1.82) is 0 Å². The van der Waals surface area contributed by atoms with Crippen LogP contribution in [0.4, 0.5) is 0 Å². The van der Waals surface area contributed by atoms with E-state index in [1.165, 1.54) is 11.6 Å². The number of rotatable bonds is 4. The standard InChI is InChI=1S/C23H24N2O4/c1-28-18-9-7-17(8-10-18)16-24-11-4-12-25(14-13-24)23(27)22-15-20(26)19-5-2-3-6-21(19)29-22/h2-3,5-10,15H,4,11-14,16H2,1H3. The first-order valence-electron chi connectivity index (χ1n) is 9.81. The van der Waals surface area contributed by atoms with Gasteiger partial charge in [-0.2, -0.15) is 0 Å². The summed E-state index contributed by atoms with van der Waals surface area (Å²) in [5.41, 5.74) is 1.47. The summed E-state index contributed by atoms with van der Waals surface area (Å²) in [6, 6.07) is 16.4. The molecule has 0 N–H and O–H groups in total. The average Bonchev–Trinajstić information content (AvgIpc) is 2.99. The van der Waals surface area contributed by atoms with E-state index in [1.54, 1.807) is 36.3 Å². The van der Waals surface area contributed by atoms with Crippen molar-refractivity contribution in [2.24, 2.45) is 0 Å². The molecule has 4 rings (SSSR count). The molecular formula is C23H24N2O4. The Morgan fingerprint density at radius 2 is 1.83 bits per heavy atom. The van der Waals surface area contributed by atoms with Crippen molar-refractivity contribution in [2.75, 3.05) is 33.3 Å². The molecule has 6 nitrogen and oxygen atoms in total. The van der Waals surface area contributed by atoms with E-state index in [0.717, 1.165) is 31.8 Å². The lowest BCUT2D eigenvalue weighted by Crippen LogP contribution is -2.35. The summed E-state index contributed by atoms with van der Waals surface area (Å²) in [5, 5.41) is 0.491. The summed E-state index contributed by atoms with van der Waals surface area (Å²) >= 11 is 0. The fourth-order valence-corrected chi connectivity index (χ4v) is 3.69. The first-order valence-corrected chi connectivity index (χ1v) is 9.81. The normalized spacial score (nSPS) is 15.3. The van der Waals surface area contributed by atoms with Crippen molar-refractivity contribution in [3.05, 3.63) is 76.1 Å². The first kappa shape index (κ1) is 19.2. The summed E-state index contributed by atoms with van der Waals surface area (Å²) in [4.78, 5) is 29.4. The molecule has 1 aromatic heterocycles. The van der Waals surface area contributed by atoms with Gasteiger partial charge in [-0.05, 0) is 36.2 Å². The van der Waals surface area contributed by atoms with Gasteiger partial charge in [0.05, 0.1) is 12.5 Å². The van der Waals surface area contributed by atoms with E-state index in [9.17, 15) is 9.59 Å². The van der Waals surface area contributed by atoms with Gasteiger partial charge in [0, 0.05) is 38.8 Å². The fraction of sp³-hybridized carbons (Fsp3) is 0.304. The molecule has 1 fully saturated rings. The predicted molar refractivity (Wildman–Crippen MR) is 111 cm³/mol. The maximum Gasteiger partial charge on any atom is 0.289 e. The van der Waals surface area contributed by atoms with Crippen LogP contribution in [0.5, 0.6) is 5.75 Å². The minimum atomic E-state index is -0.223. The van der Waals surface area contributed by atoms with Gasteiger partial charge in [-0.3, -0.25) is 14.5 Å². The largest absolute Gasteiger partial charge is 0.497 e. The molecular weight excluding hydrogens is 368 g/mol. The van der Waals surface area contributed by atoms with E-state index in [2.05, 4.69) is 17.0 Å². The Kier molecular flexibility index (Phi) is 5.62. The number of benzene rings is 2. The lowest BCUT2D eigenvalue weighted by molar-refractivity contribution is 0.0730. The summed E-state index contributed by atoms with van der Waals surface area (Å²) in [5.74, 6) is 0.731. The summed E-state index contributed by atoms with van der Waals surface area (Å²) in [6.45, 7) is 3.77. The van der Waals surface area contributed by atoms with Crippen LogP contribution < -0.4 is 10.2 Å². The summed E-state index contributed by atoms with van der Waals surface area (Å²) in [7, 11) is 1.66. The Labute approximate surface area is 169 Å². The van der Waals surface area contributed by atoms with Crippen molar-refractivity contribution in [3.8, 4) is 5.75 Å². The summed E-state index contributed by atoms with van der Waals surface area (Å²) < 4.78 is 10.9. The molecule has 1 aliphatic rings. The van der Waals surface area contributed by atoms with Crippen LogP contribution in [0.1, 0.15) is 22.5 Å². The number of ether oxygens (including phenoxy) is 1. The van der Waals surface area contributed by atoms with Crippen molar-refractivity contribution >= 4 is 16.9 Å². The maximum atomic E-state index is 12.9. The molecule has 0 radical (unpaired) electrons. The third-order valence-corrected chi connectivity index (χ3v) is 5.29. The van der Waals surface area contributed by atoms with Crippen molar-refractivity contribution in [1.82, 2.24) is 9.80 Å². The molecule has 0 atom stereocenters. The molecule has 29 heavy (non-hydrogen) atoms. The van der Waals surface area contributed by atoms with E-state index in [0.29, 0.717) is 24.1 Å². The van der Waals surface area contributed by atoms with Gasteiger partial charge < -0.3 is 14.1 Å². The number of carbonyl (C=O) groups excluding carboxylic acids is 1. The topological polar surface area (TPSA) is 63.0 Å². The second kappa shape index (κ2) is 8.49. The van der Waals surface area contributed by atoms with Crippen LogP contribution >= 0.6 is 0 Å². The third-order valence-electron chi connectivity index (χ3n) is 5.29. The Bertz CT molecular complexity index is 1060. The number of carbonyl (C=O) groups is 1. The lowest BCUT2D eigenvalue weighted by atomic mass is 10.2. The van der Waals surface area contributed by atoms with Gasteiger partial charge in [-0.25, -0.2) is 0 Å². The highest BCUT2D eigenvalue weighted by Gasteiger charge is 2.23. The van der Waals surface area contributed by atoms with Gasteiger partial charge in [-0.15, -0.1) is 0 Å². The zero-order valence-corrected chi connectivity index (χ0v) is 16.5. The average molecular weight is 392 g/mol. The van der Waals surface area contributed by atoms with Gasteiger partial charge >= 0.3 is 0 Å². The zero-order chi connectivity index (χ0) is 20.2. The number of amides is 1. The van der Waals surface area contributed by atoms with Crippen molar-refractivity contribution in [3.63, 3.8) is 0 Å². The van der Waals surface area contributed by atoms with Crippen LogP contribution in [0.3, 0.4) is 0 Å². The monoisotopic (exact) mass is 392 g/mol. The van der Waals surface area contributed by atoms with Crippen molar-refractivity contribution < 1.29 is 13.9 Å². The van der Waals surface area contributed by atoms with Crippen LogP contribution in [0.25, 0.3) is 11.0 Å². The molecule has 0 aliphatic carbocycles. The van der Waals surface area contributed by atoms with E-state index < -0.39 is 0 Å². The fourth-order valence-electron chi connectivity index (χ4n) is 3.69. The molecule has 1 aliphatic heterocycles. The molecule has 1 amide bonds. The second-order valence-corrected chi connectivity index (χ2v) is 7.24. The van der Waals surface area contributed by atoms with E-state index in [-0.39, 0.29) is 17.1 Å². The molecule has 0 saturated carbocycles. The van der Waals surface area contributed by atoms with Crippen LogP contribution in [0.15, 0.2) is 63.8 Å². The maximum absolute atomic E-state index is 12.9. The number of hydrogen-bond donors (Lipinski definition) is 0. The number of para-hydroxylation sites is 1. The first-order chi connectivity index (χ1) is 14.1. The van der Waals surface area contributed by atoms with E-state index in [1.807, 2.05) is 12.1 Å². The lowest BCUT2D eigenvalue weighted by Gasteiger charge is -2.21. The molecule has 6 heteroatoms. The molecule has 0 unspecified atom stereocenters. The molecule has 3 aromatic rings. The minimum Gasteiger partial charge on any atom is -0.497 e. The number of hydrogen-bond acceptors (Lipinski definition) is 5. The zero-order valence-electron chi connectivity index (χ0n) is 16.5. The van der Waals surface area contributed by atoms with Crippen LogP contribution in [-0.4, -0.2) is 49.0 Å². The Balaban J connectivity index is 1.44. The third kappa shape index (κ3) is 4.32. The Hall–Kier alpha value is -3.12. The highest BCUT2D eigenvalue weighted by atomic mass is 16.5. The highest BCUT2D eigenvalue weighted by Crippen LogP contribution is 2.17. The molecule has 0 bridgehead atoms. The molecule has 2 heterocycles. The minimum absolute atomic E-state index is 0.109. The molecule has 0 spiro atoms. The smallest absolute Gasteiger partial charge is 0.289 e. The Morgan fingerprint density at radius 1 is 1.03 bits per heavy atom. The SMILES string of the molecule is COc1ccc(CN2CCCN(C(=O)c3cc(=O)c4ccccc4o3)CC2)cc1. The molecule has 2 aromatic carbocycles. The molecule has 1 saturated heterocycles. The van der Waals surface area contributed by atoms with Crippen LogP contribution in [-0.2, 0) is 6.54 Å². The van der Waals surface area contributed by atoms with E-state index >= 15 is 0 Å². The van der Waals surface area contributed by atoms with Gasteiger partial charge in [0.2, 0.25) is 0 Å². The van der Waals surface area contributed by atoms with Crippen LogP contribution in [0.2, 0.25) is 0 Å². The van der Waals surface area contributed by atoms with Gasteiger partial charge in [-0.1, -0.05) is 24.3 Å². The van der Waals surface area contributed by atoms with E-state index in [4.69, 9.17) is 9.15 Å². The number of nitrogens with zero attached hydrogens (tertiary/aromatic N) is 2. The Morgan fingerprint density at radius 3 is 2.62 bits per heavy atom. The van der Waals surface area contributed by atoms with Gasteiger partial charge in [0.25, 0.3) is 5.91 Å². The molecule has 150 valence electrons. The number of methoxy groups -OCH3 is 1. The second-order valence-electron chi connectivity index (χ2n) is 7.24. The summed E-state index contributed by atoms with van der Waals surface area (Å²) in [6.07, 6.45) is 0.875.